The standard InChI is InChI=1S/C92H142N16O38/c1-45-71(117)75(121)77(123)89(137-45)145-79-53(95-83(125)55-37-67(115)101-91(131)97-55)33-49(57(111)17-11-25-133-27-21-93)35-59(79)141-87-69(81(73(119)63(41-109)143-87)139-61(85(127)128)31-47-13-5-3-6-14-47)99-65(113)19-9-23-107-39-51(103-105-107)43-135-29-30-136-44-52-40-108(106-104-52)24-10-20-66(114)100-70-82(140-62(86(129)130)32-48-15-7-4-8-16-48)74(120)64(42-110)144-88(70)142-60-36-50(58(112)18-12-26-134-28-22-94)34-54(96-84(126)56-38-68(116)102-92(132)98-56)80(60)146-90-78(124)76(122)72(118)46(2)138-90/h37-40,45-50,53-54,59-64,69-82,87-90,109-110,117-124H,3-36,41-44,93-94H2,1-2H3,(H,95,125)(H,96,126)(H,99,113)(H,100,114)(H,127,128)(H,129,130)(H2,97,101,115,131)(H2,98,102,116,132)/t45?,46?,49?,50?,53?,54?,59-,60-,61+,62+,63+,64+,69?,70?,71-,72-,73+,74+,75+,76+,77?,78?,79-,80-,81?,82?,87-,88-,89+,90+/m1/s1. The number of aromatic nitrogens is 10. The largest absolute Gasteiger partial charge is 0.479 e. The van der Waals surface area contributed by atoms with Gasteiger partial charge in [-0.1, -0.05) is 74.6 Å². The predicted octanol–water partition coefficient (Wildman–Crippen LogP) is -6.08. The third-order valence-corrected chi connectivity index (χ3v) is 27.7. The number of Topliss-reactive ketones (excluding diaryl/α,β-unsaturated/α-hetero) is 2. The number of carboxylic acid groups (broad SMARTS) is 2. The van der Waals surface area contributed by atoms with E-state index in [-0.39, 0.29) is 192 Å². The number of nitrogens with two attached hydrogens (primary N) is 2. The molecule has 24 N–H and O–H groups in total. The van der Waals surface area contributed by atoms with E-state index in [1.54, 1.807) is 12.4 Å². The van der Waals surface area contributed by atoms with Gasteiger partial charge in [0.15, 0.2) is 37.4 Å². The summed E-state index contributed by atoms with van der Waals surface area (Å²) in [5.41, 5.74) is 6.93. The summed E-state index contributed by atoms with van der Waals surface area (Å²) >= 11 is 0. The Balaban J connectivity index is 0.688. The lowest BCUT2D eigenvalue weighted by molar-refractivity contribution is -0.335. The first kappa shape index (κ1) is 115. The van der Waals surface area contributed by atoms with E-state index < -0.39 is 266 Å². The number of hydrogen-bond donors (Lipinski definition) is 22. The van der Waals surface area contributed by atoms with Gasteiger partial charge >= 0.3 is 23.3 Å². The molecule has 0 spiro atoms. The average Bonchev–Trinajstić information content (AvgIpc) is 1.33. The molecule has 8 aliphatic rings. The normalized spacial score (nSPS) is 31.5. The highest BCUT2D eigenvalue weighted by Crippen LogP contribution is 2.42. The van der Waals surface area contributed by atoms with Gasteiger partial charge in [-0.25, -0.2) is 19.2 Å². The number of ether oxygens (including phenoxy) is 14. The highest BCUT2D eigenvalue weighted by Gasteiger charge is 2.57. The van der Waals surface area contributed by atoms with Crippen LogP contribution >= 0.6 is 0 Å². The number of nitrogens with one attached hydrogen (secondary N) is 8. The first-order valence-electron chi connectivity index (χ1n) is 50.2. The van der Waals surface area contributed by atoms with Gasteiger partial charge in [-0.15, -0.1) is 10.2 Å². The number of aliphatic hydroxyl groups excluding tert-OH is 10. The Kier molecular flexibility index (Phi) is 44.7. The van der Waals surface area contributed by atoms with Crippen LogP contribution in [0.1, 0.15) is 200 Å². The third kappa shape index (κ3) is 32.6. The van der Waals surface area contributed by atoms with E-state index in [0.29, 0.717) is 37.1 Å². The minimum atomic E-state index is -1.97. The van der Waals surface area contributed by atoms with Crippen LogP contribution in [-0.2, 0) is 121 Å². The fraction of sp³-hybridized carbons (Fsp3) is 0.783. The van der Waals surface area contributed by atoms with Gasteiger partial charge in [0.2, 0.25) is 11.8 Å². The molecule has 54 nitrogen and oxygen atoms in total. The summed E-state index contributed by atoms with van der Waals surface area (Å²) in [5, 5.41) is 162. The highest BCUT2D eigenvalue weighted by molar-refractivity contribution is 5.93. The van der Waals surface area contributed by atoms with Crippen LogP contribution in [0, 0.1) is 23.7 Å². The highest BCUT2D eigenvalue weighted by atomic mass is 16.8. The zero-order chi connectivity index (χ0) is 105. The summed E-state index contributed by atoms with van der Waals surface area (Å²) in [7, 11) is 0. The molecule has 0 bridgehead atoms. The number of H-pyrrole nitrogens is 4. The van der Waals surface area contributed by atoms with Crippen LogP contribution in [0.2, 0.25) is 0 Å². The summed E-state index contributed by atoms with van der Waals surface area (Å²) in [5.74, 6) is -9.46. The number of aryl methyl sites for hydroxylation is 2. The lowest BCUT2D eigenvalue weighted by Crippen LogP contribution is -2.68. The van der Waals surface area contributed by atoms with Gasteiger partial charge in [0.05, 0.1) is 102 Å². The number of hydrogen-bond acceptors (Lipinski definition) is 42. The Bertz CT molecular complexity index is 4700. The molecule has 0 radical (unpaired) electrons. The second-order valence-corrected chi connectivity index (χ2v) is 38.6. The molecule has 0 aromatic carbocycles. The maximum Gasteiger partial charge on any atom is 0.332 e. The molecular weight excluding hydrogens is 1940 g/mol. The molecule has 30 atom stereocenters. The van der Waals surface area contributed by atoms with Crippen molar-refractivity contribution in [2.24, 2.45) is 35.1 Å². The number of carbonyl (C=O) groups is 8. The Morgan fingerprint density at radius 3 is 1.20 bits per heavy atom. The Hall–Kier alpha value is -9.24. The van der Waals surface area contributed by atoms with Crippen LogP contribution in [0.4, 0.5) is 0 Å². The Morgan fingerprint density at radius 2 is 0.836 bits per heavy atom. The first-order chi connectivity index (χ1) is 70.1. The molecule has 8 fully saturated rings. The molecule has 4 aromatic rings. The van der Waals surface area contributed by atoms with Crippen LogP contribution in [0.5, 0.6) is 0 Å². The smallest absolute Gasteiger partial charge is 0.332 e. The summed E-state index contributed by atoms with van der Waals surface area (Å²) in [6.07, 6.45) is -30.8. The molecule has 146 heavy (non-hydrogen) atoms. The molecule has 4 aromatic heterocycles. The number of ketones is 2. The van der Waals surface area contributed by atoms with E-state index >= 15 is 0 Å². The molecule has 12 unspecified atom stereocenters. The van der Waals surface area contributed by atoms with Gasteiger partial charge < -0.3 is 170 Å². The van der Waals surface area contributed by atoms with Crippen molar-refractivity contribution in [3.63, 3.8) is 0 Å². The number of carbonyl (C=O) groups excluding carboxylic acids is 6. The van der Waals surface area contributed by atoms with Gasteiger partial charge in [-0.05, 0) is 89.9 Å². The molecule has 4 aliphatic heterocycles. The zero-order valence-corrected chi connectivity index (χ0v) is 81.5. The fourth-order valence-electron chi connectivity index (χ4n) is 20.0. The van der Waals surface area contributed by atoms with E-state index in [4.69, 9.17) is 77.8 Å². The summed E-state index contributed by atoms with van der Waals surface area (Å²) in [6, 6.07) is -4.56. The maximum absolute atomic E-state index is 14.6. The van der Waals surface area contributed by atoms with E-state index in [1.165, 1.54) is 23.2 Å². The van der Waals surface area contributed by atoms with Crippen molar-refractivity contribution in [3.05, 3.63) is 89.0 Å². The quantitative estimate of drug-likeness (QED) is 0.0183. The second-order valence-electron chi connectivity index (χ2n) is 38.6. The number of nitrogens with zero attached hydrogens (tertiary/aromatic N) is 6. The van der Waals surface area contributed by atoms with Crippen LogP contribution < -0.4 is 55.2 Å². The van der Waals surface area contributed by atoms with Crippen molar-refractivity contribution in [1.82, 2.24) is 71.2 Å². The lowest BCUT2D eigenvalue weighted by atomic mass is 9.78. The summed E-state index contributed by atoms with van der Waals surface area (Å²) in [4.78, 5) is 172. The third-order valence-electron chi connectivity index (χ3n) is 27.7. The Morgan fingerprint density at radius 1 is 0.445 bits per heavy atom. The van der Waals surface area contributed by atoms with Gasteiger partial charge in [0.25, 0.3) is 22.9 Å². The van der Waals surface area contributed by atoms with Crippen molar-refractivity contribution >= 4 is 47.1 Å². The van der Waals surface area contributed by atoms with Crippen LogP contribution in [0.3, 0.4) is 0 Å². The number of aromatic amines is 4. The van der Waals surface area contributed by atoms with Crippen molar-refractivity contribution in [2.75, 3.05) is 65.9 Å². The average molecular weight is 2080 g/mol. The first-order valence-corrected chi connectivity index (χ1v) is 50.2. The van der Waals surface area contributed by atoms with Crippen LogP contribution in [0.25, 0.3) is 0 Å². The number of aliphatic hydroxyl groups is 10. The fourth-order valence-corrected chi connectivity index (χ4v) is 20.0. The second kappa shape index (κ2) is 56.6. The van der Waals surface area contributed by atoms with E-state index in [2.05, 4.69) is 51.9 Å². The van der Waals surface area contributed by atoms with Gasteiger partial charge in [-0.3, -0.25) is 57.7 Å². The van der Waals surface area contributed by atoms with E-state index in [0.717, 1.165) is 50.7 Å². The topological polar surface area (TPSA) is 802 Å². The minimum Gasteiger partial charge on any atom is -0.479 e. The molecule has 818 valence electrons. The number of rotatable bonds is 55. The van der Waals surface area contributed by atoms with Gasteiger partial charge in [0.1, 0.15) is 132 Å². The zero-order valence-electron chi connectivity index (χ0n) is 81.5. The Labute approximate surface area is 836 Å². The number of aliphatic carboxylic acids is 2. The van der Waals surface area contributed by atoms with Gasteiger partial charge in [-0.2, -0.15) is 0 Å². The molecule has 4 saturated heterocycles. The van der Waals surface area contributed by atoms with Crippen LogP contribution in [0.15, 0.2) is 43.7 Å². The molecule has 4 amide bonds. The van der Waals surface area contributed by atoms with E-state index in [9.17, 15) is 119 Å². The molecule has 4 aliphatic carbocycles. The summed E-state index contributed by atoms with van der Waals surface area (Å²) < 4.78 is 89.5. The lowest BCUT2D eigenvalue weighted by Gasteiger charge is -2.49. The molecule has 8 heterocycles. The monoisotopic (exact) mass is 2080 g/mol. The van der Waals surface area contributed by atoms with Gasteiger partial charge in [0, 0.05) is 89.0 Å². The number of carboxylic acids is 2. The van der Waals surface area contributed by atoms with Crippen molar-refractivity contribution in [3.8, 4) is 0 Å². The summed E-state index contributed by atoms with van der Waals surface area (Å²) in [6.45, 7) is 2.10. The van der Waals surface area contributed by atoms with Crippen molar-refractivity contribution in [2.45, 2.75) is 366 Å². The minimum absolute atomic E-state index is 0.0105. The van der Waals surface area contributed by atoms with Crippen molar-refractivity contribution in [1.29, 1.82) is 0 Å². The van der Waals surface area contributed by atoms with E-state index in [1.807, 2.05) is 9.97 Å². The van der Waals surface area contributed by atoms with Crippen LogP contribution in [-0.4, -0.2) is 396 Å². The predicted molar refractivity (Wildman–Crippen MR) is 496 cm³/mol. The number of amides is 4. The SMILES string of the molecule is CC1O[C@@H](O[C@@H]2C(NC(=O)c3cc(=O)[nH]c(=O)[nH]3)CC(C(=O)CCCOCCN)C[C@H]2O[C@@H]2O[C@@H](CO)[C@H](O)C(O[C@@H](CC3CCCCC3)C(=O)O)C2NC(=O)CCCn2cc(COCCOCc3cn(CCCC(=O)NC4C(O[C@@H](CC5CCCCC5)C(=O)O)[C@@H](O)[C@H](CO)O[C@H]4O[C@@H]4CC(C(=O)CCCOCCN)CC(NC(=O)c5cc(=O)[nH]c(=O)[nH]5)[C@H]4O[C@@H]4OC(C)[C@@H](O)[C@H](O)C4O)nn3)nn2)C(O)[C@@H](O)[C@@H]1O. The van der Waals surface area contributed by atoms with Crippen molar-refractivity contribution < 1.29 is 166 Å². The molecule has 12 rings (SSSR count). The maximum atomic E-state index is 14.6. The molecule has 4 saturated carbocycles. The molecule has 54 heteroatoms. The molecular formula is C92H142N16O38.